The number of hydrogen-bond acceptors (Lipinski definition) is 5. The highest BCUT2D eigenvalue weighted by Gasteiger charge is 2.57. The van der Waals surface area contributed by atoms with Crippen molar-refractivity contribution >= 4 is 23.3 Å². The highest BCUT2D eigenvalue weighted by molar-refractivity contribution is 6.31. The summed E-state index contributed by atoms with van der Waals surface area (Å²) in [7, 11) is 0. The molecule has 6 rings (SSSR count). The number of aromatic carboxylic acids is 1. The van der Waals surface area contributed by atoms with Crippen LogP contribution < -0.4 is 4.90 Å². The fourth-order valence-corrected chi connectivity index (χ4v) is 5.61. The number of nitrogens with zero attached hydrogens (tertiary/aromatic N) is 5. The van der Waals surface area contributed by atoms with Crippen LogP contribution in [0.15, 0.2) is 66.9 Å². The third-order valence-corrected chi connectivity index (χ3v) is 8.06. The monoisotopic (exact) mass is 617 g/mol. The van der Waals surface area contributed by atoms with Gasteiger partial charge in [-0.3, -0.25) is 4.90 Å². The topological polar surface area (TPSA) is 74.5 Å². The maximum atomic E-state index is 13.8. The van der Waals surface area contributed by atoms with Gasteiger partial charge in [-0.05, 0) is 47.5 Å². The van der Waals surface area contributed by atoms with Crippen LogP contribution in [0.5, 0.6) is 0 Å². The van der Waals surface area contributed by atoms with Gasteiger partial charge in [0.25, 0.3) is 5.92 Å². The third kappa shape index (κ3) is 5.94. The maximum absolute atomic E-state index is 13.8. The molecule has 0 radical (unpaired) electrons. The Balaban J connectivity index is 1.26. The first-order chi connectivity index (χ1) is 20.4. The molecule has 13 heteroatoms. The van der Waals surface area contributed by atoms with E-state index >= 15 is 0 Å². The molecular weight excluding hydrogens is 593 g/mol. The van der Waals surface area contributed by atoms with Crippen LogP contribution in [0.4, 0.5) is 27.6 Å². The van der Waals surface area contributed by atoms with Crippen LogP contribution in [0.25, 0.3) is 28.2 Å². The fourth-order valence-electron chi connectivity index (χ4n) is 5.44. The van der Waals surface area contributed by atoms with Crippen molar-refractivity contribution in [1.82, 2.24) is 19.7 Å². The molecule has 2 fully saturated rings. The second kappa shape index (κ2) is 10.9. The molecule has 224 valence electrons. The lowest BCUT2D eigenvalue weighted by atomic mass is 9.97. The van der Waals surface area contributed by atoms with Gasteiger partial charge in [-0.25, -0.2) is 23.2 Å². The standard InChI is InChI=1S/C30H25ClF5N5O2/c31-20-6-9-22(18-4-7-21(8-5-18)40-12-10-39(11-13-40)17-19-15-29(19,32)33)23(14-20)25-2-1-3-26(38-25)41-27(30(34,35)36)24(16-37-41)28(42)43/h1-9,14,16,19H,10-13,15,17H2,(H,42,43)/t19-/m1/s1. The van der Waals surface area contributed by atoms with E-state index in [0.717, 1.165) is 29.9 Å². The highest BCUT2D eigenvalue weighted by atomic mass is 35.5. The van der Waals surface area contributed by atoms with Crippen molar-refractivity contribution in [2.75, 3.05) is 37.6 Å². The van der Waals surface area contributed by atoms with Gasteiger partial charge in [0.05, 0.1) is 11.9 Å². The Hall–Kier alpha value is -4.03. The minimum atomic E-state index is -4.98. The SMILES string of the molecule is O=C(O)c1cnn(-c2cccc(-c3cc(Cl)ccc3-c3ccc(N4CCN(C[C@H]5CC5(F)F)CC4)cc3)n2)c1C(F)(F)F. The van der Waals surface area contributed by atoms with E-state index in [-0.39, 0.29) is 12.2 Å². The lowest BCUT2D eigenvalue weighted by Crippen LogP contribution is -2.47. The normalized spacial score (nSPS) is 18.6. The molecule has 1 aliphatic carbocycles. The number of piperazine rings is 1. The third-order valence-electron chi connectivity index (χ3n) is 7.83. The second-order valence-corrected chi connectivity index (χ2v) is 11.1. The Morgan fingerprint density at radius 3 is 2.33 bits per heavy atom. The number of halogens is 6. The predicted octanol–water partition coefficient (Wildman–Crippen LogP) is 6.75. The van der Waals surface area contributed by atoms with E-state index in [1.165, 1.54) is 12.1 Å². The second-order valence-electron chi connectivity index (χ2n) is 10.7. The molecule has 7 nitrogen and oxygen atoms in total. The summed E-state index contributed by atoms with van der Waals surface area (Å²) in [6.45, 7) is 3.28. The number of hydrogen-bond donors (Lipinski definition) is 1. The summed E-state index contributed by atoms with van der Waals surface area (Å²) in [6, 6.07) is 17.4. The molecule has 1 saturated heterocycles. The molecule has 1 aliphatic heterocycles. The summed E-state index contributed by atoms with van der Waals surface area (Å²) < 4.78 is 68.5. The van der Waals surface area contributed by atoms with Gasteiger partial charge in [0.2, 0.25) is 0 Å². The average Bonchev–Trinajstić information content (AvgIpc) is 3.35. The molecule has 2 aliphatic rings. The molecule has 1 N–H and O–H groups in total. The van der Waals surface area contributed by atoms with Gasteiger partial charge in [0.15, 0.2) is 11.5 Å². The quantitative estimate of drug-likeness (QED) is 0.231. The molecule has 4 aromatic rings. The zero-order valence-electron chi connectivity index (χ0n) is 22.5. The number of alkyl halides is 5. The van der Waals surface area contributed by atoms with Crippen LogP contribution in [-0.4, -0.2) is 69.4 Å². The average molecular weight is 618 g/mol. The van der Waals surface area contributed by atoms with Crippen molar-refractivity contribution in [2.45, 2.75) is 18.5 Å². The summed E-state index contributed by atoms with van der Waals surface area (Å²) in [5, 5.41) is 13.3. The van der Waals surface area contributed by atoms with Gasteiger partial charge in [0, 0.05) is 61.3 Å². The van der Waals surface area contributed by atoms with E-state index < -0.39 is 35.2 Å². The number of benzene rings is 2. The van der Waals surface area contributed by atoms with Gasteiger partial charge >= 0.3 is 12.1 Å². The number of carbonyl (C=O) groups is 1. The lowest BCUT2D eigenvalue weighted by molar-refractivity contribution is -0.143. The van der Waals surface area contributed by atoms with E-state index in [4.69, 9.17) is 11.6 Å². The van der Waals surface area contributed by atoms with Crippen LogP contribution >= 0.6 is 11.6 Å². The molecule has 43 heavy (non-hydrogen) atoms. The fraction of sp³-hybridized carbons (Fsp3) is 0.300. The van der Waals surface area contributed by atoms with E-state index in [9.17, 15) is 31.9 Å². The predicted molar refractivity (Wildman–Crippen MR) is 151 cm³/mol. The van der Waals surface area contributed by atoms with Crippen molar-refractivity contribution in [3.8, 4) is 28.2 Å². The summed E-state index contributed by atoms with van der Waals surface area (Å²) in [4.78, 5) is 20.1. The van der Waals surface area contributed by atoms with Crippen molar-refractivity contribution in [2.24, 2.45) is 5.92 Å². The van der Waals surface area contributed by atoms with Gasteiger partial charge < -0.3 is 10.0 Å². The van der Waals surface area contributed by atoms with Gasteiger partial charge in [-0.1, -0.05) is 35.9 Å². The van der Waals surface area contributed by atoms with Crippen molar-refractivity contribution in [3.05, 3.63) is 83.1 Å². The molecule has 0 spiro atoms. The van der Waals surface area contributed by atoms with E-state index in [1.807, 2.05) is 24.3 Å². The minimum absolute atomic E-state index is 0.0231. The zero-order chi connectivity index (χ0) is 30.5. The smallest absolute Gasteiger partial charge is 0.434 e. The van der Waals surface area contributed by atoms with Gasteiger partial charge in [-0.15, -0.1) is 0 Å². The molecule has 0 amide bonds. The Labute approximate surface area is 248 Å². The molecule has 2 aromatic heterocycles. The zero-order valence-corrected chi connectivity index (χ0v) is 23.3. The van der Waals surface area contributed by atoms with Crippen LogP contribution in [0.1, 0.15) is 22.5 Å². The maximum Gasteiger partial charge on any atom is 0.434 e. The summed E-state index contributed by atoms with van der Waals surface area (Å²) in [6.07, 6.45) is -4.36. The Morgan fingerprint density at radius 2 is 1.70 bits per heavy atom. The van der Waals surface area contributed by atoms with E-state index in [2.05, 4.69) is 19.9 Å². The Morgan fingerprint density at radius 1 is 1.00 bits per heavy atom. The lowest BCUT2D eigenvalue weighted by Gasteiger charge is -2.36. The first-order valence-electron chi connectivity index (χ1n) is 13.5. The first kappa shape index (κ1) is 29.1. The summed E-state index contributed by atoms with van der Waals surface area (Å²) in [5.41, 5.74) is 1.01. The molecule has 3 heterocycles. The number of aromatic nitrogens is 3. The minimum Gasteiger partial charge on any atom is -0.478 e. The number of rotatable bonds is 7. The van der Waals surface area contributed by atoms with Crippen LogP contribution in [-0.2, 0) is 6.18 Å². The number of pyridine rings is 1. The van der Waals surface area contributed by atoms with Crippen molar-refractivity contribution < 1.29 is 31.9 Å². The Kier molecular flexibility index (Phi) is 7.37. The van der Waals surface area contributed by atoms with E-state index in [1.54, 1.807) is 24.3 Å². The number of carboxylic acids is 1. The van der Waals surface area contributed by atoms with Crippen molar-refractivity contribution in [1.29, 1.82) is 0 Å². The van der Waals surface area contributed by atoms with Crippen LogP contribution in [0, 0.1) is 5.92 Å². The van der Waals surface area contributed by atoms with E-state index in [0.29, 0.717) is 46.8 Å². The largest absolute Gasteiger partial charge is 0.478 e. The summed E-state index contributed by atoms with van der Waals surface area (Å²) in [5.74, 6) is -5.00. The molecule has 0 unspecified atom stereocenters. The molecule has 0 bridgehead atoms. The van der Waals surface area contributed by atoms with Crippen LogP contribution in [0.3, 0.4) is 0 Å². The molecule has 1 saturated carbocycles. The first-order valence-corrected chi connectivity index (χ1v) is 13.9. The molecule has 2 aromatic carbocycles. The molecule has 1 atom stereocenters. The van der Waals surface area contributed by atoms with Gasteiger partial charge in [-0.2, -0.15) is 18.3 Å². The number of carboxylic acid groups (broad SMARTS) is 1. The van der Waals surface area contributed by atoms with Gasteiger partial charge in [0.1, 0.15) is 5.56 Å². The summed E-state index contributed by atoms with van der Waals surface area (Å²) >= 11 is 6.31. The Bertz CT molecular complexity index is 1670. The number of anilines is 1. The highest BCUT2D eigenvalue weighted by Crippen LogP contribution is 2.49. The molecular formula is C30H25ClF5N5O2. The van der Waals surface area contributed by atoms with Crippen LogP contribution in [0.2, 0.25) is 5.02 Å². The van der Waals surface area contributed by atoms with Crippen molar-refractivity contribution in [3.63, 3.8) is 0 Å².